The van der Waals surface area contributed by atoms with Crippen LogP contribution < -0.4 is 0 Å². The lowest BCUT2D eigenvalue weighted by molar-refractivity contribution is -0.136. The van der Waals surface area contributed by atoms with Crippen molar-refractivity contribution in [3.8, 4) is 0 Å². The van der Waals surface area contributed by atoms with Gasteiger partial charge in [0.1, 0.15) is 5.52 Å². The van der Waals surface area contributed by atoms with Crippen LogP contribution in [-0.4, -0.2) is 16.1 Å². The van der Waals surface area contributed by atoms with Gasteiger partial charge in [0.25, 0.3) is 0 Å². The van der Waals surface area contributed by atoms with E-state index in [4.69, 9.17) is 5.11 Å². The van der Waals surface area contributed by atoms with Crippen LogP contribution in [0.3, 0.4) is 0 Å². The highest BCUT2D eigenvalue weighted by molar-refractivity contribution is 5.81. The first-order chi connectivity index (χ1) is 6.66. The molecule has 1 heterocycles. The van der Waals surface area contributed by atoms with Gasteiger partial charge in [-0.05, 0) is 11.6 Å². The minimum atomic E-state index is -0.985. The zero-order valence-corrected chi connectivity index (χ0v) is 7.03. The molecule has 1 N–H and O–H groups in total. The van der Waals surface area contributed by atoms with Crippen LogP contribution in [0.1, 0.15) is 5.56 Å². The second-order valence-electron chi connectivity index (χ2n) is 2.80. The van der Waals surface area contributed by atoms with E-state index < -0.39 is 12.1 Å². The maximum Gasteiger partial charge on any atom is 0.382 e. The summed E-state index contributed by atoms with van der Waals surface area (Å²) in [4.78, 5) is 13.9. The van der Waals surface area contributed by atoms with Gasteiger partial charge in [-0.15, -0.1) is 4.39 Å². The van der Waals surface area contributed by atoms with Gasteiger partial charge >= 0.3 is 12.1 Å². The van der Waals surface area contributed by atoms with Crippen molar-refractivity contribution in [2.24, 2.45) is 0 Å². The zero-order valence-electron chi connectivity index (χ0n) is 7.03. The fourth-order valence-electron chi connectivity index (χ4n) is 1.28. The van der Waals surface area contributed by atoms with Gasteiger partial charge in [0.15, 0.2) is 5.58 Å². The summed E-state index contributed by atoms with van der Waals surface area (Å²) in [6.07, 6.45) is -1.14. The molecule has 0 bridgehead atoms. The van der Waals surface area contributed by atoms with Crippen molar-refractivity contribution in [1.29, 1.82) is 0 Å². The van der Waals surface area contributed by atoms with Crippen LogP contribution >= 0.6 is 0 Å². The van der Waals surface area contributed by atoms with E-state index in [9.17, 15) is 9.18 Å². The van der Waals surface area contributed by atoms with E-state index in [1.165, 1.54) is 6.07 Å². The summed E-state index contributed by atoms with van der Waals surface area (Å²) in [5.74, 6) is -0.985. The van der Waals surface area contributed by atoms with Crippen LogP contribution in [0.15, 0.2) is 22.6 Å². The highest BCUT2D eigenvalue weighted by Crippen LogP contribution is 2.19. The molecule has 14 heavy (non-hydrogen) atoms. The SMILES string of the molecule is O=C(O)Cc1cccc2oc(F)nc12. The Morgan fingerprint density at radius 2 is 2.36 bits per heavy atom. The average Bonchev–Trinajstić information content (AvgIpc) is 2.45. The third-order valence-corrected chi connectivity index (χ3v) is 1.82. The Kier molecular flexibility index (Phi) is 1.92. The van der Waals surface area contributed by atoms with Gasteiger partial charge in [-0.2, -0.15) is 4.98 Å². The molecule has 0 radical (unpaired) electrons. The molecule has 2 rings (SSSR count). The first-order valence-corrected chi connectivity index (χ1v) is 3.92. The standard InChI is InChI=1S/C9H6FNO3/c10-9-11-8-5(4-7(12)13)2-1-3-6(8)14-9/h1-3H,4H2,(H,12,13). The summed E-state index contributed by atoms with van der Waals surface area (Å²) in [6.45, 7) is 0. The second-order valence-corrected chi connectivity index (χ2v) is 2.80. The van der Waals surface area contributed by atoms with Gasteiger partial charge in [-0.1, -0.05) is 12.1 Å². The summed E-state index contributed by atoms with van der Waals surface area (Å²) < 4.78 is 17.2. The number of hydrogen-bond donors (Lipinski definition) is 1. The fraction of sp³-hybridized carbons (Fsp3) is 0.111. The minimum absolute atomic E-state index is 0.191. The third-order valence-electron chi connectivity index (χ3n) is 1.82. The Hall–Kier alpha value is -1.91. The van der Waals surface area contributed by atoms with Crippen LogP contribution in [0.2, 0.25) is 0 Å². The summed E-state index contributed by atoms with van der Waals surface area (Å²) in [5.41, 5.74) is 0.983. The molecular weight excluding hydrogens is 189 g/mol. The summed E-state index contributed by atoms with van der Waals surface area (Å²) in [6, 6.07) is 4.72. The maximum absolute atomic E-state index is 12.6. The van der Waals surface area contributed by atoms with E-state index in [2.05, 4.69) is 9.40 Å². The molecule has 72 valence electrons. The van der Waals surface area contributed by atoms with Crippen LogP contribution in [0.25, 0.3) is 11.1 Å². The molecule has 1 aromatic heterocycles. The summed E-state index contributed by atoms with van der Waals surface area (Å²) >= 11 is 0. The quantitative estimate of drug-likeness (QED) is 0.790. The van der Waals surface area contributed by atoms with Gasteiger partial charge in [-0.3, -0.25) is 4.79 Å². The molecule has 4 nitrogen and oxygen atoms in total. The first-order valence-electron chi connectivity index (χ1n) is 3.92. The van der Waals surface area contributed by atoms with E-state index in [-0.39, 0.29) is 17.5 Å². The molecule has 0 aliphatic rings. The molecule has 1 aromatic carbocycles. The molecule has 0 aliphatic heterocycles. The smallest absolute Gasteiger partial charge is 0.382 e. The molecular formula is C9H6FNO3. The van der Waals surface area contributed by atoms with E-state index in [0.717, 1.165) is 0 Å². The fourth-order valence-corrected chi connectivity index (χ4v) is 1.28. The number of halogens is 1. The number of carboxylic acids is 1. The van der Waals surface area contributed by atoms with Gasteiger partial charge in [0.05, 0.1) is 6.42 Å². The monoisotopic (exact) mass is 195 g/mol. The number of hydrogen-bond acceptors (Lipinski definition) is 3. The number of carbonyl (C=O) groups is 1. The number of rotatable bonds is 2. The van der Waals surface area contributed by atoms with Crippen LogP contribution in [0, 0.1) is 6.14 Å². The molecule has 5 heteroatoms. The number of fused-ring (bicyclic) bond motifs is 1. The third kappa shape index (κ3) is 1.44. The second kappa shape index (κ2) is 3.10. The Morgan fingerprint density at radius 1 is 1.57 bits per heavy atom. The lowest BCUT2D eigenvalue weighted by atomic mass is 10.1. The topological polar surface area (TPSA) is 63.3 Å². The van der Waals surface area contributed by atoms with Gasteiger partial charge in [-0.25, -0.2) is 0 Å². The van der Waals surface area contributed by atoms with Crippen molar-refractivity contribution in [3.05, 3.63) is 29.9 Å². The van der Waals surface area contributed by atoms with Crippen molar-refractivity contribution in [2.75, 3.05) is 0 Å². The predicted octanol–water partition coefficient (Wildman–Crippen LogP) is 1.59. The average molecular weight is 195 g/mol. The van der Waals surface area contributed by atoms with Crippen LogP contribution in [0.4, 0.5) is 4.39 Å². The zero-order chi connectivity index (χ0) is 10.1. The number of aliphatic carboxylic acids is 1. The largest absolute Gasteiger partial charge is 0.481 e. The Balaban J connectivity index is 2.58. The van der Waals surface area contributed by atoms with Crippen molar-refractivity contribution in [1.82, 2.24) is 4.98 Å². The Bertz CT molecular complexity index is 492. The van der Waals surface area contributed by atoms with Crippen molar-refractivity contribution < 1.29 is 18.7 Å². The molecule has 0 spiro atoms. The number of carboxylic acid groups (broad SMARTS) is 1. The molecule has 0 saturated heterocycles. The van der Waals surface area contributed by atoms with E-state index in [0.29, 0.717) is 5.56 Å². The van der Waals surface area contributed by atoms with Gasteiger partial charge in [0.2, 0.25) is 0 Å². The molecule has 0 saturated carbocycles. The number of benzene rings is 1. The highest BCUT2D eigenvalue weighted by atomic mass is 19.1. The predicted molar refractivity (Wildman–Crippen MR) is 45.3 cm³/mol. The number of oxazole rings is 1. The van der Waals surface area contributed by atoms with Crippen molar-refractivity contribution in [2.45, 2.75) is 6.42 Å². The Morgan fingerprint density at radius 3 is 3.07 bits per heavy atom. The lowest BCUT2D eigenvalue weighted by Gasteiger charge is -1.95. The Labute approximate surface area is 78.0 Å². The first kappa shape index (κ1) is 8.68. The van der Waals surface area contributed by atoms with E-state index in [1.54, 1.807) is 12.1 Å². The molecule has 0 aliphatic carbocycles. The molecule has 2 aromatic rings. The maximum atomic E-state index is 12.6. The van der Waals surface area contributed by atoms with E-state index >= 15 is 0 Å². The number of nitrogens with zero attached hydrogens (tertiary/aromatic N) is 1. The van der Waals surface area contributed by atoms with Crippen LogP contribution in [0.5, 0.6) is 0 Å². The van der Waals surface area contributed by atoms with Crippen LogP contribution in [-0.2, 0) is 11.2 Å². The molecule has 0 amide bonds. The minimum Gasteiger partial charge on any atom is -0.481 e. The van der Waals surface area contributed by atoms with E-state index in [1.807, 2.05) is 0 Å². The number of aromatic nitrogens is 1. The van der Waals surface area contributed by atoms with Gasteiger partial charge in [0, 0.05) is 0 Å². The van der Waals surface area contributed by atoms with Crippen molar-refractivity contribution in [3.63, 3.8) is 0 Å². The molecule has 0 unspecified atom stereocenters. The highest BCUT2D eigenvalue weighted by Gasteiger charge is 2.11. The van der Waals surface area contributed by atoms with Crippen molar-refractivity contribution >= 4 is 17.1 Å². The molecule has 0 fully saturated rings. The normalized spacial score (nSPS) is 10.6. The lowest BCUT2D eigenvalue weighted by Crippen LogP contribution is -2.00. The summed E-state index contributed by atoms with van der Waals surface area (Å²) in [5, 5.41) is 8.58. The molecule has 0 atom stereocenters. The van der Waals surface area contributed by atoms with Gasteiger partial charge < -0.3 is 9.52 Å². The number of para-hydroxylation sites is 1. The summed E-state index contributed by atoms with van der Waals surface area (Å²) in [7, 11) is 0.